The number of hydrogen-bond donors (Lipinski definition) is 0. The number of ether oxygens (including phenoxy) is 1. The van der Waals surface area contributed by atoms with E-state index in [4.69, 9.17) is 4.74 Å². The summed E-state index contributed by atoms with van der Waals surface area (Å²) in [4.78, 5) is 0. The third-order valence-electron chi connectivity index (χ3n) is 5.91. The lowest BCUT2D eigenvalue weighted by atomic mass is 9.89. The molecular weight excluding hydrogens is 404 g/mol. The summed E-state index contributed by atoms with van der Waals surface area (Å²) in [6.45, 7) is 5.51. The van der Waals surface area contributed by atoms with Crippen LogP contribution in [0.1, 0.15) is 29.9 Å². The van der Waals surface area contributed by atoms with Gasteiger partial charge in [0.05, 0.1) is 12.7 Å². The molecule has 0 amide bonds. The molecule has 3 aromatic carbocycles. The monoisotopic (exact) mass is 426 g/mol. The Morgan fingerprint density at radius 2 is 1.35 bits per heavy atom. The molecule has 0 aliphatic carbocycles. The van der Waals surface area contributed by atoms with Crippen molar-refractivity contribution in [3.63, 3.8) is 0 Å². The van der Waals surface area contributed by atoms with Crippen LogP contribution >= 0.6 is 0 Å². The van der Waals surface area contributed by atoms with Crippen LogP contribution in [0.5, 0.6) is 0 Å². The molecule has 1 aliphatic rings. The van der Waals surface area contributed by atoms with Gasteiger partial charge in [-0.25, -0.2) is 17.6 Å². The van der Waals surface area contributed by atoms with Crippen LogP contribution in [-0.4, -0.2) is 12.7 Å². The average Bonchev–Trinajstić information content (AvgIpc) is 2.80. The van der Waals surface area contributed by atoms with Gasteiger partial charge in [-0.05, 0) is 42.0 Å². The molecule has 0 N–H and O–H groups in total. The predicted octanol–water partition coefficient (Wildman–Crippen LogP) is 7.33. The zero-order valence-corrected chi connectivity index (χ0v) is 17.1. The molecule has 4 rings (SSSR count). The highest BCUT2D eigenvalue weighted by Crippen LogP contribution is 2.35. The van der Waals surface area contributed by atoms with Crippen LogP contribution in [0.15, 0.2) is 61.2 Å². The summed E-state index contributed by atoms with van der Waals surface area (Å²) in [6.07, 6.45) is 3.08. The second kappa shape index (κ2) is 8.67. The molecule has 2 unspecified atom stereocenters. The lowest BCUT2D eigenvalue weighted by Crippen LogP contribution is -2.23. The summed E-state index contributed by atoms with van der Waals surface area (Å²) < 4.78 is 63.5. The Balaban J connectivity index is 1.61. The molecule has 31 heavy (non-hydrogen) atoms. The number of rotatable bonds is 4. The summed E-state index contributed by atoms with van der Waals surface area (Å²) in [5.74, 6) is -3.83. The number of hydrogen-bond acceptors (Lipinski definition) is 1. The minimum atomic E-state index is -0.928. The van der Waals surface area contributed by atoms with Crippen LogP contribution in [0.25, 0.3) is 22.3 Å². The second-order valence-corrected chi connectivity index (χ2v) is 7.85. The smallest absolute Gasteiger partial charge is 0.166 e. The molecule has 1 saturated heterocycles. The minimum absolute atomic E-state index is 0.0474. The van der Waals surface area contributed by atoms with Crippen molar-refractivity contribution in [1.82, 2.24) is 0 Å². The van der Waals surface area contributed by atoms with Gasteiger partial charge in [-0.15, -0.1) is 6.58 Å². The Morgan fingerprint density at radius 3 is 1.90 bits per heavy atom. The van der Waals surface area contributed by atoms with E-state index in [1.807, 2.05) is 0 Å². The van der Waals surface area contributed by atoms with Crippen LogP contribution in [0.2, 0.25) is 0 Å². The van der Waals surface area contributed by atoms with Crippen LogP contribution in [0, 0.1) is 30.2 Å². The Bertz CT molecular complexity index is 1110. The maximum Gasteiger partial charge on any atom is 0.166 e. The predicted molar refractivity (Wildman–Crippen MR) is 114 cm³/mol. The Labute approximate surface area is 179 Å². The molecule has 0 bridgehead atoms. The Kier molecular flexibility index (Phi) is 5.96. The molecule has 0 spiro atoms. The van der Waals surface area contributed by atoms with E-state index in [0.717, 1.165) is 0 Å². The zero-order chi connectivity index (χ0) is 22.1. The molecule has 3 aromatic rings. The first kappa shape index (κ1) is 21.3. The quantitative estimate of drug-likeness (QED) is 0.313. The fourth-order valence-corrected chi connectivity index (χ4v) is 4.00. The van der Waals surface area contributed by atoms with Gasteiger partial charge in [0, 0.05) is 17.0 Å². The van der Waals surface area contributed by atoms with Crippen molar-refractivity contribution in [3.05, 3.63) is 95.6 Å². The highest BCUT2D eigenvalue weighted by molar-refractivity contribution is 5.71. The van der Waals surface area contributed by atoms with Crippen LogP contribution in [0.3, 0.4) is 0 Å². The molecule has 5 heteroatoms. The molecule has 1 fully saturated rings. The van der Waals surface area contributed by atoms with E-state index in [2.05, 4.69) is 6.58 Å². The van der Waals surface area contributed by atoms with Crippen molar-refractivity contribution in [3.8, 4) is 22.3 Å². The Hall–Kier alpha value is -2.92. The van der Waals surface area contributed by atoms with E-state index in [1.165, 1.54) is 19.1 Å². The largest absolute Gasteiger partial charge is 0.374 e. The maximum atomic E-state index is 14.9. The first-order valence-corrected chi connectivity index (χ1v) is 10.2. The van der Waals surface area contributed by atoms with Crippen molar-refractivity contribution >= 4 is 0 Å². The molecule has 1 nitrogen and oxygen atoms in total. The topological polar surface area (TPSA) is 9.23 Å². The highest BCUT2D eigenvalue weighted by Gasteiger charge is 2.26. The van der Waals surface area contributed by atoms with E-state index in [1.54, 1.807) is 42.5 Å². The van der Waals surface area contributed by atoms with Crippen LogP contribution in [0.4, 0.5) is 17.6 Å². The second-order valence-electron chi connectivity index (χ2n) is 7.85. The maximum absolute atomic E-state index is 14.9. The van der Waals surface area contributed by atoms with Crippen molar-refractivity contribution in [1.29, 1.82) is 0 Å². The van der Waals surface area contributed by atoms with Crippen molar-refractivity contribution < 1.29 is 22.3 Å². The van der Waals surface area contributed by atoms with Gasteiger partial charge in [0.1, 0.15) is 0 Å². The average molecular weight is 426 g/mol. The highest BCUT2D eigenvalue weighted by atomic mass is 19.2. The van der Waals surface area contributed by atoms with Gasteiger partial charge >= 0.3 is 0 Å². The molecule has 1 heterocycles. The molecular formula is C26H22F4O. The number of benzene rings is 3. The van der Waals surface area contributed by atoms with Gasteiger partial charge in [-0.1, -0.05) is 54.6 Å². The lowest BCUT2D eigenvalue weighted by molar-refractivity contribution is 0.0320. The van der Waals surface area contributed by atoms with Gasteiger partial charge in [0.2, 0.25) is 0 Å². The fourth-order valence-electron chi connectivity index (χ4n) is 4.00. The standard InChI is InChI=1S/C26H22F4O/c1-3-19-10-9-18(14-31-19)22-13-12-21(25(29)26(22)30)17-7-5-16(6-8-17)20-11-4-15(2)23(27)24(20)28/h3-8,11-13,18-19H,1,9-10,14H2,2H3. The van der Waals surface area contributed by atoms with E-state index in [0.29, 0.717) is 36.1 Å². The van der Waals surface area contributed by atoms with Crippen LogP contribution < -0.4 is 0 Å². The van der Waals surface area contributed by atoms with E-state index < -0.39 is 23.3 Å². The SMILES string of the molecule is C=CC1CCC(c2ccc(-c3ccc(-c4ccc(C)c(F)c4F)cc3)c(F)c2F)CO1. The van der Waals surface area contributed by atoms with Crippen molar-refractivity contribution in [2.45, 2.75) is 31.8 Å². The molecule has 160 valence electrons. The fraction of sp³-hybridized carbons (Fsp3) is 0.231. The number of aryl methyl sites for hydroxylation is 1. The minimum Gasteiger partial charge on any atom is -0.374 e. The molecule has 0 saturated carbocycles. The molecule has 0 aromatic heterocycles. The summed E-state index contributed by atoms with van der Waals surface area (Å²) in [6, 6.07) is 12.4. The van der Waals surface area contributed by atoms with Gasteiger partial charge in [-0.3, -0.25) is 0 Å². The third-order valence-corrected chi connectivity index (χ3v) is 5.91. The van der Waals surface area contributed by atoms with Gasteiger partial charge < -0.3 is 4.74 Å². The molecule has 0 radical (unpaired) electrons. The van der Waals surface area contributed by atoms with E-state index in [-0.39, 0.29) is 28.7 Å². The summed E-state index contributed by atoms with van der Waals surface area (Å²) in [5.41, 5.74) is 1.66. The summed E-state index contributed by atoms with van der Waals surface area (Å²) >= 11 is 0. The first-order chi connectivity index (χ1) is 14.9. The molecule has 2 atom stereocenters. The van der Waals surface area contributed by atoms with Gasteiger partial charge in [0.25, 0.3) is 0 Å². The van der Waals surface area contributed by atoms with Gasteiger partial charge in [-0.2, -0.15) is 0 Å². The van der Waals surface area contributed by atoms with Crippen LogP contribution in [-0.2, 0) is 4.74 Å². The summed E-state index contributed by atoms with van der Waals surface area (Å²) in [7, 11) is 0. The third kappa shape index (κ3) is 4.02. The lowest BCUT2D eigenvalue weighted by Gasteiger charge is -2.28. The number of halogens is 4. The normalized spacial score (nSPS) is 18.7. The Morgan fingerprint density at radius 1 is 0.774 bits per heavy atom. The van der Waals surface area contributed by atoms with Crippen molar-refractivity contribution in [2.75, 3.05) is 6.61 Å². The zero-order valence-electron chi connectivity index (χ0n) is 17.1. The van der Waals surface area contributed by atoms with E-state index in [9.17, 15) is 17.6 Å². The summed E-state index contributed by atoms with van der Waals surface area (Å²) in [5, 5.41) is 0. The first-order valence-electron chi connectivity index (χ1n) is 10.2. The van der Waals surface area contributed by atoms with E-state index >= 15 is 0 Å². The molecule has 1 aliphatic heterocycles. The van der Waals surface area contributed by atoms with Crippen molar-refractivity contribution in [2.24, 2.45) is 0 Å². The van der Waals surface area contributed by atoms with Gasteiger partial charge in [0.15, 0.2) is 23.3 Å².